The number of anilines is 3. The number of aromatic nitrogens is 2. The molecule has 1 aliphatic rings. The van der Waals surface area contributed by atoms with Crippen molar-refractivity contribution in [3.8, 4) is 17.2 Å². The lowest BCUT2D eigenvalue weighted by Crippen LogP contribution is -2.08. The van der Waals surface area contributed by atoms with Crippen LogP contribution in [0.3, 0.4) is 0 Å². The third-order valence-corrected chi connectivity index (χ3v) is 4.18. The van der Waals surface area contributed by atoms with Gasteiger partial charge in [0.1, 0.15) is 11.6 Å². The summed E-state index contributed by atoms with van der Waals surface area (Å²) in [6, 6.07) is 15.5. The van der Waals surface area contributed by atoms with E-state index in [0.717, 1.165) is 41.5 Å². The summed E-state index contributed by atoms with van der Waals surface area (Å²) in [6.07, 6.45) is 2.55. The van der Waals surface area contributed by atoms with Gasteiger partial charge in [0.05, 0.1) is 7.11 Å². The first kappa shape index (κ1) is 17.0. The highest BCUT2D eigenvalue weighted by Crippen LogP contribution is 2.34. The summed E-state index contributed by atoms with van der Waals surface area (Å²) < 4.78 is 16.1. The molecule has 7 nitrogen and oxygen atoms in total. The molecule has 0 amide bonds. The number of hydrogen-bond acceptors (Lipinski definition) is 7. The highest BCUT2D eigenvalue weighted by Gasteiger charge is 2.13. The Morgan fingerprint density at radius 2 is 1.96 bits per heavy atom. The van der Waals surface area contributed by atoms with E-state index in [4.69, 9.17) is 14.2 Å². The van der Waals surface area contributed by atoms with Crippen molar-refractivity contribution in [2.75, 3.05) is 31.1 Å². The molecule has 7 heteroatoms. The molecule has 2 N–H and O–H groups in total. The average molecular weight is 364 g/mol. The average Bonchev–Trinajstić information content (AvgIpc) is 3.16. The molecular weight excluding hydrogens is 344 g/mol. The normalized spacial score (nSPS) is 11.9. The Morgan fingerprint density at radius 3 is 2.89 bits per heavy atom. The predicted octanol–water partition coefficient (Wildman–Crippen LogP) is 3.61. The second kappa shape index (κ2) is 7.82. The molecule has 1 aliphatic heterocycles. The largest absolute Gasteiger partial charge is 0.496 e. The van der Waals surface area contributed by atoms with Gasteiger partial charge in [0.2, 0.25) is 12.7 Å². The van der Waals surface area contributed by atoms with Crippen molar-refractivity contribution in [2.24, 2.45) is 0 Å². The van der Waals surface area contributed by atoms with E-state index in [1.54, 1.807) is 13.3 Å². The Kier molecular flexibility index (Phi) is 4.91. The zero-order chi connectivity index (χ0) is 18.5. The molecule has 0 atom stereocenters. The molecule has 0 saturated heterocycles. The van der Waals surface area contributed by atoms with Crippen LogP contribution in [0.5, 0.6) is 17.2 Å². The minimum atomic E-state index is 0.251. The Labute approximate surface area is 157 Å². The fourth-order valence-electron chi connectivity index (χ4n) is 2.86. The van der Waals surface area contributed by atoms with Crippen LogP contribution in [0.25, 0.3) is 0 Å². The van der Waals surface area contributed by atoms with Crippen LogP contribution in [-0.2, 0) is 6.42 Å². The molecule has 0 fully saturated rings. The van der Waals surface area contributed by atoms with E-state index in [9.17, 15) is 0 Å². The highest BCUT2D eigenvalue weighted by atomic mass is 16.7. The molecule has 2 aromatic carbocycles. The Balaban J connectivity index is 1.37. The topological polar surface area (TPSA) is 77.5 Å². The summed E-state index contributed by atoms with van der Waals surface area (Å²) >= 11 is 0. The molecule has 0 bridgehead atoms. The zero-order valence-electron chi connectivity index (χ0n) is 14.9. The van der Waals surface area contributed by atoms with Gasteiger partial charge in [0.15, 0.2) is 11.5 Å². The number of nitrogens with one attached hydrogen (secondary N) is 2. The lowest BCUT2D eigenvalue weighted by molar-refractivity contribution is 0.174. The summed E-state index contributed by atoms with van der Waals surface area (Å²) in [4.78, 5) is 8.77. The van der Waals surface area contributed by atoms with Crippen LogP contribution in [0.15, 0.2) is 54.7 Å². The van der Waals surface area contributed by atoms with Crippen LogP contribution >= 0.6 is 0 Å². The number of rotatable bonds is 7. The Hall–Kier alpha value is -3.48. The van der Waals surface area contributed by atoms with Gasteiger partial charge >= 0.3 is 0 Å². The maximum atomic E-state index is 5.39. The van der Waals surface area contributed by atoms with E-state index in [2.05, 4.69) is 26.7 Å². The minimum Gasteiger partial charge on any atom is -0.496 e. The van der Waals surface area contributed by atoms with Crippen molar-refractivity contribution in [3.63, 3.8) is 0 Å². The molecule has 138 valence electrons. The fraction of sp³-hybridized carbons (Fsp3) is 0.200. The Morgan fingerprint density at radius 1 is 1.07 bits per heavy atom. The quantitative estimate of drug-likeness (QED) is 0.663. The van der Waals surface area contributed by atoms with Gasteiger partial charge in [-0.05, 0) is 36.2 Å². The lowest BCUT2D eigenvalue weighted by atomic mass is 10.1. The van der Waals surface area contributed by atoms with Crippen molar-refractivity contribution < 1.29 is 14.2 Å². The van der Waals surface area contributed by atoms with E-state index >= 15 is 0 Å². The van der Waals surface area contributed by atoms with Crippen molar-refractivity contribution in [2.45, 2.75) is 6.42 Å². The lowest BCUT2D eigenvalue weighted by Gasteiger charge is -2.10. The third kappa shape index (κ3) is 4.03. The predicted molar refractivity (Wildman–Crippen MR) is 103 cm³/mol. The van der Waals surface area contributed by atoms with Crippen LogP contribution in [-0.4, -0.2) is 30.4 Å². The second-order valence-electron chi connectivity index (χ2n) is 5.95. The molecule has 0 radical (unpaired) electrons. The standard InChI is InChI=1S/C20H20N4O3/c1-25-16-5-3-2-4-14(16)8-10-21-19-9-11-22-20(24-19)23-15-6-7-17-18(12-15)27-13-26-17/h2-7,9,11-12H,8,10,13H2,1H3,(H2,21,22,23,24). The molecule has 0 aliphatic carbocycles. The number of para-hydroxylation sites is 1. The molecule has 0 spiro atoms. The maximum Gasteiger partial charge on any atom is 0.231 e. The summed E-state index contributed by atoms with van der Waals surface area (Å²) in [5.41, 5.74) is 1.99. The summed E-state index contributed by atoms with van der Waals surface area (Å²) in [5, 5.41) is 6.50. The van der Waals surface area contributed by atoms with E-state index in [-0.39, 0.29) is 6.79 Å². The van der Waals surface area contributed by atoms with Gasteiger partial charge in [0.25, 0.3) is 0 Å². The van der Waals surface area contributed by atoms with Crippen molar-refractivity contribution in [3.05, 3.63) is 60.3 Å². The first-order valence-electron chi connectivity index (χ1n) is 8.67. The van der Waals surface area contributed by atoms with E-state index in [0.29, 0.717) is 11.7 Å². The number of nitrogens with zero attached hydrogens (tertiary/aromatic N) is 2. The van der Waals surface area contributed by atoms with Gasteiger partial charge < -0.3 is 24.8 Å². The second-order valence-corrected chi connectivity index (χ2v) is 5.95. The number of ether oxygens (including phenoxy) is 3. The summed E-state index contributed by atoms with van der Waals surface area (Å²) in [5.74, 6) is 3.62. The SMILES string of the molecule is COc1ccccc1CCNc1ccnc(Nc2ccc3c(c2)OCO3)n1. The smallest absolute Gasteiger partial charge is 0.231 e. The van der Waals surface area contributed by atoms with Crippen LogP contribution in [0.1, 0.15) is 5.56 Å². The molecule has 1 aromatic heterocycles. The summed E-state index contributed by atoms with van der Waals surface area (Å²) in [7, 11) is 1.69. The van der Waals surface area contributed by atoms with Crippen molar-refractivity contribution in [1.29, 1.82) is 0 Å². The number of hydrogen-bond donors (Lipinski definition) is 2. The molecule has 0 saturated carbocycles. The van der Waals surface area contributed by atoms with E-state index in [1.165, 1.54) is 0 Å². The molecule has 2 heterocycles. The molecule has 0 unspecified atom stereocenters. The van der Waals surface area contributed by atoms with Crippen LogP contribution < -0.4 is 24.8 Å². The number of benzene rings is 2. The van der Waals surface area contributed by atoms with Gasteiger partial charge in [-0.3, -0.25) is 0 Å². The molecular formula is C20H20N4O3. The van der Waals surface area contributed by atoms with Gasteiger partial charge in [-0.25, -0.2) is 4.98 Å². The van der Waals surface area contributed by atoms with Gasteiger partial charge in [-0.2, -0.15) is 4.98 Å². The van der Waals surface area contributed by atoms with Crippen LogP contribution in [0, 0.1) is 0 Å². The van der Waals surface area contributed by atoms with Crippen molar-refractivity contribution >= 4 is 17.5 Å². The number of methoxy groups -OCH3 is 1. The minimum absolute atomic E-state index is 0.251. The van der Waals surface area contributed by atoms with Gasteiger partial charge in [-0.1, -0.05) is 18.2 Å². The first-order valence-corrected chi connectivity index (χ1v) is 8.67. The van der Waals surface area contributed by atoms with E-state index in [1.807, 2.05) is 42.5 Å². The van der Waals surface area contributed by atoms with Crippen molar-refractivity contribution in [1.82, 2.24) is 9.97 Å². The monoisotopic (exact) mass is 364 g/mol. The summed E-state index contributed by atoms with van der Waals surface area (Å²) in [6.45, 7) is 0.988. The third-order valence-electron chi connectivity index (χ3n) is 4.18. The van der Waals surface area contributed by atoms with E-state index < -0.39 is 0 Å². The zero-order valence-corrected chi connectivity index (χ0v) is 14.9. The van der Waals surface area contributed by atoms with Gasteiger partial charge in [-0.15, -0.1) is 0 Å². The van der Waals surface area contributed by atoms with Gasteiger partial charge in [0, 0.05) is 24.5 Å². The molecule has 27 heavy (non-hydrogen) atoms. The maximum absolute atomic E-state index is 5.39. The fourth-order valence-corrected chi connectivity index (χ4v) is 2.86. The van der Waals surface area contributed by atoms with Crippen LogP contribution in [0.2, 0.25) is 0 Å². The first-order chi connectivity index (χ1) is 13.3. The Bertz CT molecular complexity index is 933. The number of fused-ring (bicyclic) bond motifs is 1. The molecule has 3 aromatic rings. The molecule has 4 rings (SSSR count). The highest BCUT2D eigenvalue weighted by molar-refractivity contribution is 5.61. The van der Waals surface area contributed by atoms with Crippen LogP contribution in [0.4, 0.5) is 17.5 Å².